The number of aliphatic carboxylic acids is 1. The van der Waals surface area contributed by atoms with E-state index in [0.29, 0.717) is 17.4 Å². The van der Waals surface area contributed by atoms with Gasteiger partial charge in [0.1, 0.15) is 13.2 Å². The smallest absolute Gasteiger partial charge is 0.306 e. The second kappa shape index (κ2) is 40.0. The van der Waals surface area contributed by atoms with E-state index in [1.165, 1.54) is 77.0 Å². The Bertz CT molecular complexity index is 1080. The largest absolute Gasteiger partial charge is 0.545 e. The predicted molar refractivity (Wildman–Crippen MR) is 232 cm³/mol. The maximum Gasteiger partial charge on any atom is 0.306 e. The van der Waals surface area contributed by atoms with Crippen LogP contribution in [0.2, 0.25) is 0 Å². The molecule has 2 unspecified atom stereocenters. The molecule has 0 amide bonds. The van der Waals surface area contributed by atoms with Gasteiger partial charge in [0.15, 0.2) is 12.4 Å². The first-order chi connectivity index (χ1) is 27.6. The molecule has 2 atom stereocenters. The number of carboxylic acids is 1. The van der Waals surface area contributed by atoms with Gasteiger partial charge in [0.25, 0.3) is 0 Å². The Morgan fingerprint density at radius 1 is 0.544 bits per heavy atom. The molecule has 9 nitrogen and oxygen atoms in total. The predicted octanol–water partition coefficient (Wildman–Crippen LogP) is 10.7. The molecule has 0 aromatic heterocycles. The number of hydrogen-bond acceptors (Lipinski definition) is 8. The average Bonchev–Trinajstić information content (AvgIpc) is 3.17. The number of esters is 2. The van der Waals surface area contributed by atoms with Gasteiger partial charge in [0.05, 0.1) is 40.3 Å². The quantitative estimate of drug-likeness (QED) is 0.0197. The number of hydrogen-bond donors (Lipinski definition) is 0. The topological polar surface area (TPSA) is 111 Å². The van der Waals surface area contributed by atoms with E-state index in [1.54, 1.807) is 0 Å². The first kappa shape index (κ1) is 54.2. The Balaban J connectivity index is 4.47. The fourth-order valence-corrected chi connectivity index (χ4v) is 6.05. The van der Waals surface area contributed by atoms with E-state index in [4.69, 9.17) is 18.9 Å². The summed E-state index contributed by atoms with van der Waals surface area (Å²) in [6.45, 7) is 4.60. The van der Waals surface area contributed by atoms with Crippen LogP contribution in [0, 0.1) is 0 Å². The maximum atomic E-state index is 12.7. The minimum atomic E-state index is -1.63. The molecule has 0 saturated carbocycles. The van der Waals surface area contributed by atoms with Gasteiger partial charge < -0.3 is 33.3 Å². The summed E-state index contributed by atoms with van der Waals surface area (Å²) in [5.74, 6) is -2.32. The normalized spacial score (nSPS) is 13.4. The molecule has 0 aromatic rings. The highest BCUT2D eigenvalue weighted by Crippen LogP contribution is 2.15. The van der Waals surface area contributed by atoms with Crippen LogP contribution in [0.15, 0.2) is 48.6 Å². The molecular formula is C48H85NO8. The molecule has 0 saturated heterocycles. The van der Waals surface area contributed by atoms with Gasteiger partial charge in [-0.05, 0) is 51.4 Å². The molecule has 0 aliphatic carbocycles. The molecule has 0 spiro atoms. The number of carboxylic acid groups (broad SMARTS) is 1. The zero-order valence-electron chi connectivity index (χ0n) is 37.2. The molecule has 0 N–H and O–H groups in total. The fraction of sp³-hybridized carbons (Fsp3) is 0.771. The van der Waals surface area contributed by atoms with E-state index in [2.05, 4.69) is 62.5 Å². The SMILES string of the molecule is CC/C=C\C/C=C\C/C=C\C/C=C\CCCCCCC(=O)OC(COC(=O)CCCCCCCCCCCCCCCCC)COC(OCC[N+](C)(C)C)C(=O)[O-]. The van der Waals surface area contributed by atoms with Crippen molar-refractivity contribution in [2.24, 2.45) is 0 Å². The van der Waals surface area contributed by atoms with Crippen LogP contribution in [0.3, 0.4) is 0 Å². The van der Waals surface area contributed by atoms with Crippen LogP contribution in [0.4, 0.5) is 0 Å². The number of quaternary nitrogens is 1. The number of nitrogens with zero attached hydrogens (tertiary/aromatic N) is 1. The summed E-state index contributed by atoms with van der Waals surface area (Å²) in [5, 5.41) is 11.7. The van der Waals surface area contributed by atoms with E-state index in [9.17, 15) is 19.5 Å². The Morgan fingerprint density at radius 3 is 1.49 bits per heavy atom. The van der Waals surface area contributed by atoms with E-state index < -0.39 is 24.3 Å². The standard InChI is InChI=1S/C48H85NO8/c1-6-8-10-12-14-16-18-20-22-23-25-27-29-31-33-35-37-39-46(51)57-44(43-56-48(47(52)53)54-41-40-49(3,4)5)42-55-45(50)38-36-34-32-30-28-26-24-21-19-17-15-13-11-9-7-2/h8,10,14,16,20,22,25,27,44,48H,6-7,9,11-13,15,17-19,21,23-24,26,28-43H2,1-5H3/b10-8-,16-14-,22-20-,27-25-. The Kier molecular flexibility index (Phi) is 38.1. The Labute approximate surface area is 349 Å². The lowest BCUT2D eigenvalue weighted by Crippen LogP contribution is -2.44. The van der Waals surface area contributed by atoms with Gasteiger partial charge in [-0.25, -0.2) is 0 Å². The van der Waals surface area contributed by atoms with Gasteiger partial charge >= 0.3 is 11.9 Å². The first-order valence-corrected chi connectivity index (χ1v) is 22.8. The minimum Gasteiger partial charge on any atom is -0.545 e. The number of carbonyl (C=O) groups is 3. The van der Waals surface area contributed by atoms with Crippen molar-refractivity contribution >= 4 is 17.9 Å². The summed E-state index contributed by atoms with van der Waals surface area (Å²) in [4.78, 5) is 37.0. The van der Waals surface area contributed by atoms with Crippen LogP contribution in [0.25, 0.3) is 0 Å². The zero-order valence-corrected chi connectivity index (χ0v) is 37.2. The van der Waals surface area contributed by atoms with Crippen LogP contribution in [-0.2, 0) is 33.3 Å². The molecule has 0 heterocycles. The number of carbonyl (C=O) groups excluding carboxylic acids is 3. The maximum absolute atomic E-state index is 12.7. The summed E-state index contributed by atoms with van der Waals surface area (Å²) < 4.78 is 22.5. The number of ether oxygens (including phenoxy) is 4. The van der Waals surface area contributed by atoms with Crippen molar-refractivity contribution in [3.05, 3.63) is 48.6 Å². The van der Waals surface area contributed by atoms with E-state index >= 15 is 0 Å². The van der Waals surface area contributed by atoms with Crippen molar-refractivity contribution in [3.8, 4) is 0 Å². The summed E-state index contributed by atoms with van der Waals surface area (Å²) in [5.41, 5.74) is 0. The highest BCUT2D eigenvalue weighted by atomic mass is 16.7. The fourth-order valence-electron chi connectivity index (χ4n) is 6.05. The second-order valence-electron chi connectivity index (χ2n) is 16.3. The molecule has 57 heavy (non-hydrogen) atoms. The lowest BCUT2D eigenvalue weighted by molar-refractivity contribution is -0.870. The van der Waals surface area contributed by atoms with Gasteiger partial charge in [0, 0.05) is 12.8 Å². The van der Waals surface area contributed by atoms with Crippen molar-refractivity contribution in [2.45, 2.75) is 193 Å². The van der Waals surface area contributed by atoms with Crippen LogP contribution >= 0.6 is 0 Å². The molecule has 0 fully saturated rings. The van der Waals surface area contributed by atoms with Gasteiger partial charge in [-0.3, -0.25) is 9.59 Å². The number of likely N-dealkylation sites (N-methyl/N-ethyl adjacent to an activating group) is 1. The minimum absolute atomic E-state index is 0.142. The molecule has 330 valence electrons. The molecule has 9 heteroatoms. The Hall–Kier alpha value is -2.75. The highest BCUT2D eigenvalue weighted by Gasteiger charge is 2.21. The molecule has 0 aliphatic rings. The van der Waals surface area contributed by atoms with Crippen molar-refractivity contribution in [3.63, 3.8) is 0 Å². The van der Waals surface area contributed by atoms with Crippen molar-refractivity contribution in [2.75, 3.05) is 47.5 Å². The third-order valence-corrected chi connectivity index (χ3v) is 9.59. The molecule has 0 rings (SSSR count). The van der Waals surface area contributed by atoms with Gasteiger partial charge in [-0.15, -0.1) is 0 Å². The van der Waals surface area contributed by atoms with Crippen LogP contribution in [-0.4, -0.2) is 82.3 Å². The molecule has 0 radical (unpaired) electrons. The first-order valence-electron chi connectivity index (χ1n) is 22.8. The van der Waals surface area contributed by atoms with E-state index in [0.717, 1.165) is 70.6 Å². The van der Waals surface area contributed by atoms with Gasteiger partial charge in [-0.2, -0.15) is 0 Å². The van der Waals surface area contributed by atoms with E-state index in [1.807, 2.05) is 21.1 Å². The van der Waals surface area contributed by atoms with Crippen molar-refractivity contribution in [1.82, 2.24) is 0 Å². The summed E-state index contributed by atoms with van der Waals surface area (Å²) in [7, 11) is 5.90. The number of allylic oxidation sites excluding steroid dienone is 8. The van der Waals surface area contributed by atoms with Crippen molar-refractivity contribution in [1.29, 1.82) is 0 Å². The van der Waals surface area contributed by atoms with Gasteiger partial charge in [-0.1, -0.05) is 165 Å². The molecule has 0 aromatic carbocycles. The number of rotatable bonds is 41. The van der Waals surface area contributed by atoms with Crippen LogP contribution < -0.4 is 5.11 Å². The van der Waals surface area contributed by atoms with Crippen LogP contribution in [0.5, 0.6) is 0 Å². The Morgan fingerprint density at radius 2 is 1.00 bits per heavy atom. The summed E-state index contributed by atoms with van der Waals surface area (Å²) in [6.07, 6.45) is 42.8. The monoisotopic (exact) mass is 804 g/mol. The van der Waals surface area contributed by atoms with Crippen molar-refractivity contribution < 1.29 is 42.9 Å². The lowest BCUT2D eigenvalue weighted by atomic mass is 10.0. The summed E-state index contributed by atoms with van der Waals surface area (Å²) >= 11 is 0. The average molecular weight is 804 g/mol. The summed E-state index contributed by atoms with van der Waals surface area (Å²) in [6, 6.07) is 0. The van der Waals surface area contributed by atoms with E-state index in [-0.39, 0.29) is 38.6 Å². The molecular weight excluding hydrogens is 719 g/mol. The molecule has 0 aliphatic heterocycles. The third kappa shape index (κ3) is 41.2. The van der Waals surface area contributed by atoms with Gasteiger partial charge in [0.2, 0.25) is 0 Å². The lowest BCUT2D eigenvalue weighted by Gasteiger charge is -2.26. The molecule has 0 bridgehead atoms. The highest BCUT2D eigenvalue weighted by molar-refractivity contribution is 5.70. The second-order valence-corrected chi connectivity index (χ2v) is 16.3. The number of unbranched alkanes of at least 4 members (excludes halogenated alkanes) is 18. The third-order valence-electron chi connectivity index (χ3n) is 9.59. The van der Waals surface area contributed by atoms with Crippen LogP contribution in [0.1, 0.15) is 181 Å². The zero-order chi connectivity index (χ0) is 42.1.